The zero-order chi connectivity index (χ0) is 18.1. The van der Waals surface area contributed by atoms with E-state index in [-0.39, 0.29) is 23.6 Å². The summed E-state index contributed by atoms with van der Waals surface area (Å²) in [6.45, 7) is 0.321. The third-order valence-electron chi connectivity index (χ3n) is 4.67. The molecule has 4 nitrogen and oxygen atoms in total. The van der Waals surface area contributed by atoms with Gasteiger partial charge in [-0.15, -0.1) is 0 Å². The molecular formula is C20H17BrFN3O. The second-order valence-corrected chi connectivity index (χ2v) is 7.39. The summed E-state index contributed by atoms with van der Waals surface area (Å²) in [5, 5.41) is 2.92. The molecule has 2 unspecified atom stereocenters. The molecule has 0 bridgehead atoms. The van der Waals surface area contributed by atoms with E-state index >= 15 is 0 Å². The summed E-state index contributed by atoms with van der Waals surface area (Å²) < 4.78 is 16.9. The van der Waals surface area contributed by atoms with Gasteiger partial charge in [-0.25, -0.2) is 9.37 Å². The van der Waals surface area contributed by atoms with E-state index in [4.69, 9.17) is 0 Å². The Morgan fingerprint density at radius 3 is 2.92 bits per heavy atom. The van der Waals surface area contributed by atoms with Gasteiger partial charge in [0.25, 0.3) is 0 Å². The minimum atomic E-state index is -0.340. The van der Waals surface area contributed by atoms with Gasteiger partial charge in [-0.1, -0.05) is 34.1 Å². The van der Waals surface area contributed by atoms with Gasteiger partial charge in [0.15, 0.2) is 0 Å². The van der Waals surface area contributed by atoms with Gasteiger partial charge < -0.3 is 9.88 Å². The van der Waals surface area contributed by atoms with Gasteiger partial charge in [-0.05, 0) is 47.7 Å². The van der Waals surface area contributed by atoms with E-state index in [9.17, 15) is 9.18 Å². The Balaban J connectivity index is 1.36. The fourth-order valence-corrected chi connectivity index (χ4v) is 3.60. The number of rotatable bonds is 5. The number of nitrogens with zero attached hydrogens (tertiary/aromatic N) is 2. The molecule has 1 N–H and O–H groups in total. The first-order valence-electron chi connectivity index (χ1n) is 8.42. The number of hydrogen-bond acceptors (Lipinski definition) is 2. The molecule has 1 heterocycles. The molecule has 0 radical (unpaired) electrons. The van der Waals surface area contributed by atoms with Crippen LogP contribution in [0.25, 0.3) is 5.69 Å². The van der Waals surface area contributed by atoms with Crippen molar-refractivity contribution in [1.82, 2.24) is 14.9 Å². The summed E-state index contributed by atoms with van der Waals surface area (Å²) in [4.78, 5) is 16.3. The Bertz CT molecular complexity index is 942. The molecule has 0 saturated heterocycles. The summed E-state index contributed by atoms with van der Waals surface area (Å²) >= 11 is 3.46. The van der Waals surface area contributed by atoms with E-state index in [0.29, 0.717) is 12.2 Å². The number of halogens is 2. The maximum Gasteiger partial charge on any atom is 0.224 e. The number of aromatic nitrogens is 2. The largest absolute Gasteiger partial charge is 0.352 e. The molecule has 4 rings (SSSR count). The average molecular weight is 414 g/mol. The Labute approximate surface area is 159 Å². The first-order chi connectivity index (χ1) is 12.6. The lowest BCUT2D eigenvalue weighted by Crippen LogP contribution is -2.25. The number of nitrogens with one attached hydrogen (secondary N) is 1. The van der Waals surface area contributed by atoms with Crippen LogP contribution < -0.4 is 5.32 Å². The summed E-state index contributed by atoms with van der Waals surface area (Å²) in [5.74, 6) is -0.0468. The number of imidazole rings is 1. The molecular weight excluding hydrogens is 397 g/mol. The molecule has 1 fully saturated rings. The van der Waals surface area contributed by atoms with Crippen molar-refractivity contribution in [3.8, 4) is 5.69 Å². The molecule has 132 valence electrons. The van der Waals surface area contributed by atoms with Crippen molar-refractivity contribution in [2.45, 2.75) is 18.9 Å². The third-order valence-corrected chi connectivity index (χ3v) is 5.16. The van der Waals surface area contributed by atoms with E-state index in [0.717, 1.165) is 16.5 Å². The lowest BCUT2D eigenvalue weighted by molar-refractivity contribution is -0.122. The summed E-state index contributed by atoms with van der Waals surface area (Å²) in [6.07, 6.45) is 5.70. The molecule has 1 aliphatic rings. The highest BCUT2D eigenvalue weighted by atomic mass is 79.9. The van der Waals surface area contributed by atoms with Crippen molar-refractivity contribution in [3.05, 3.63) is 82.6 Å². The van der Waals surface area contributed by atoms with Crippen LogP contribution in [0.3, 0.4) is 0 Å². The van der Waals surface area contributed by atoms with Crippen molar-refractivity contribution in [2.75, 3.05) is 0 Å². The number of amides is 1. The Morgan fingerprint density at radius 1 is 1.31 bits per heavy atom. The highest BCUT2D eigenvalue weighted by molar-refractivity contribution is 9.10. The normalized spacial score (nSPS) is 18.5. The monoisotopic (exact) mass is 413 g/mol. The van der Waals surface area contributed by atoms with Crippen molar-refractivity contribution in [3.63, 3.8) is 0 Å². The van der Waals surface area contributed by atoms with E-state index in [2.05, 4.69) is 32.3 Å². The lowest BCUT2D eigenvalue weighted by atomic mass is 10.1. The van der Waals surface area contributed by atoms with E-state index in [1.807, 2.05) is 24.3 Å². The topological polar surface area (TPSA) is 46.9 Å². The highest BCUT2D eigenvalue weighted by Crippen LogP contribution is 2.47. The second kappa shape index (κ2) is 7.03. The van der Waals surface area contributed by atoms with E-state index in [1.54, 1.807) is 29.4 Å². The molecule has 2 atom stereocenters. The SMILES string of the molecule is O=C(NCc1ccc(-n2ccnc2)c(F)c1)C1CC1c1cccc(Br)c1. The third kappa shape index (κ3) is 3.55. The van der Waals surface area contributed by atoms with Crippen LogP contribution in [0.5, 0.6) is 0 Å². The van der Waals surface area contributed by atoms with Gasteiger partial charge in [0.1, 0.15) is 5.82 Å². The number of carbonyl (C=O) groups is 1. The van der Waals surface area contributed by atoms with Gasteiger partial charge >= 0.3 is 0 Å². The lowest BCUT2D eigenvalue weighted by Gasteiger charge is -2.08. The molecule has 0 spiro atoms. The van der Waals surface area contributed by atoms with Crippen molar-refractivity contribution in [1.29, 1.82) is 0 Å². The smallest absolute Gasteiger partial charge is 0.224 e. The van der Waals surface area contributed by atoms with Crippen LogP contribution in [-0.4, -0.2) is 15.5 Å². The van der Waals surface area contributed by atoms with E-state index < -0.39 is 0 Å². The van der Waals surface area contributed by atoms with Crippen molar-refractivity contribution < 1.29 is 9.18 Å². The highest BCUT2D eigenvalue weighted by Gasteiger charge is 2.43. The maximum atomic E-state index is 14.3. The zero-order valence-electron chi connectivity index (χ0n) is 13.9. The molecule has 26 heavy (non-hydrogen) atoms. The first-order valence-corrected chi connectivity index (χ1v) is 9.21. The van der Waals surface area contributed by atoms with Gasteiger partial charge in [0.05, 0.1) is 12.0 Å². The fourth-order valence-electron chi connectivity index (χ4n) is 3.18. The minimum absolute atomic E-state index is 0.000584. The molecule has 2 aromatic carbocycles. The fraction of sp³-hybridized carbons (Fsp3) is 0.200. The van der Waals surface area contributed by atoms with Gasteiger partial charge in [0, 0.05) is 29.3 Å². The Kier molecular flexibility index (Phi) is 4.59. The van der Waals surface area contributed by atoms with Gasteiger partial charge in [-0.2, -0.15) is 0 Å². The molecule has 1 aliphatic carbocycles. The van der Waals surface area contributed by atoms with Crippen LogP contribution in [-0.2, 0) is 11.3 Å². The quantitative estimate of drug-likeness (QED) is 0.681. The maximum absolute atomic E-state index is 14.3. The van der Waals surface area contributed by atoms with Crippen LogP contribution in [0, 0.1) is 11.7 Å². The second-order valence-electron chi connectivity index (χ2n) is 6.48. The van der Waals surface area contributed by atoms with Crippen molar-refractivity contribution in [2.24, 2.45) is 5.92 Å². The molecule has 3 aromatic rings. The van der Waals surface area contributed by atoms with Crippen LogP contribution in [0.1, 0.15) is 23.5 Å². The zero-order valence-corrected chi connectivity index (χ0v) is 15.5. The van der Waals surface area contributed by atoms with E-state index in [1.165, 1.54) is 11.6 Å². The van der Waals surface area contributed by atoms with Gasteiger partial charge in [-0.3, -0.25) is 4.79 Å². The first kappa shape index (κ1) is 17.0. The standard InChI is InChI=1S/C20H17BrFN3O/c21-15-3-1-2-14(9-15)16-10-17(16)20(26)24-11-13-4-5-19(18(22)8-13)25-7-6-23-12-25/h1-9,12,16-17H,10-11H2,(H,24,26). The molecule has 1 amide bonds. The molecule has 6 heteroatoms. The number of benzene rings is 2. The van der Waals surface area contributed by atoms with Crippen molar-refractivity contribution >= 4 is 21.8 Å². The molecule has 1 aromatic heterocycles. The van der Waals surface area contributed by atoms with Crippen LogP contribution in [0.4, 0.5) is 4.39 Å². The summed E-state index contributed by atoms with van der Waals surface area (Å²) in [5.41, 5.74) is 2.35. The predicted octanol–water partition coefficient (Wildman–Crippen LogP) is 4.19. The Hall–Kier alpha value is -2.47. The minimum Gasteiger partial charge on any atom is -0.352 e. The van der Waals surface area contributed by atoms with Crippen LogP contribution >= 0.6 is 15.9 Å². The molecule has 1 saturated carbocycles. The number of hydrogen-bond donors (Lipinski definition) is 1. The van der Waals surface area contributed by atoms with Crippen LogP contribution in [0.2, 0.25) is 0 Å². The summed E-state index contributed by atoms with van der Waals surface area (Å²) in [7, 11) is 0. The summed E-state index contributed by atoms with van der Waals surface area (Å²) in [6, 6.07) is 13.0. The predicted molar refractivity (Wildman–Crippen MR) is 100 cm³/mol. The van der Waals surface area contributed by atoms with Crippen LogP contribution in [0.15, 0.2) is 65.7 Å². The Morgan fingerprint density at radius 2 is 2.19 bits per heavy atom. The molecule has 0 aliphatic heterocycles. The number of carbonyl (C=O) groups excluding carboxylic acids is 1. The average Bonchev–Trinajstić information content (AvgIpc) is 3.26. The van der Waals surface area contributed by atoms with Gasteiger partial charge in [0.2, 0.25) is 5.91 Å².